The van der Waals surface area contributed by atoms with E-state index in [2.05, 4.69) is 20.6 Å². The SMILES string of the molecule is COc1ccc(-c2csc3nc(C)nc(N4CCC[C@@H](C(=O)Nc5ccccn5)C4)c23)cc1OC. The first-order chi connectivity index (χ1) is 17.1. The van der Waals surface area contributed by atoms with Gasteiger partial charge in [0.2, 0.25) is 5.91 Å². The number of fused-ring (bicyclic) bond motifs is 1. The van der Waals surface area contributed by atoms with E-state index >= 15 is 0 Å². The molecule has 8 nitrogen and oxygen atoms in total. The van der Waals surface area contributed by atoms with Crippen LogP contribution in [-0.4, -0.2) is 48.2 Å². The number of carbonyl (C=O) groups is 1. The molecule has 1 N–H and O–H groups in total. The molecular formula is C26H27N5O3S. The van der Waals surface area contributed by atoms with Crippen LogP contribution in [0.1, 0.15) is 18.7 Å². The van der Waals surface area contributed by atoms with Gasteiger partial charge in [0.1, 0.15) is 22.3 Å². The number of hydrogen-bond acceptors (Lipinski definition) is 8. The molecule has 9 heteroatoms. The average Bonchev–Trinajstić information content (AvgIpc) is 3.32. The molecular weight excluding hydrogens is 462 g/mol. The van der Waals surface area contributed by atoms with E-state index in [0.717, 1.165) is 46.5 Å². The third-order valence-corrected chi connectivity index (χ3v) is 7.10. The highest BCUT2D eigenvalue weighted by Crippen LogP contribution is 2.41. The molecule has 4 heterocycles. The van der Waals surface area contributed by atoms with E-state index in [4.69, 9.17) is 19.4 Å². The number of pyridine rings is 1. The molecule has 0 unspecified atom stereocenters. The lowest BCUT2D eigenvalue weighted by Crippen LogP contribution is -2.41. The Morgan fingerprint density at radius 2 is 2.00 bits per heavy atom. The van der Waals surface area contributed by atoms with Crippen LogP contribution < -0.4 is 19.7 Å². The van der Waals surface area contributed by atoms with E-state index in [0.29, 0.717) is 29.7 Å². The molecule has 1 atom stereocenters. The highest BCUT2D eigenvalue weighted by Gasteiger charge is 2.29. The molecule has 1 amide bonds. The standard InChI is InChI=1S/C26H27N5O3S/c1-16-28-24(31-12-6-7-18(14-31)25(32)30-22-8-4-5-11-27-22)23-19(15-35-26(23)29-16)17-9-10-20(33-2)21(13-17)34-3/h4-5,8-11,13,15,18H,6-7,12,14H2,1-3H3,(H,27,30,32)/t18-/m1/s1. The second-order valence-corrected chi connectivity index (χ2v) is 9.34. The van der Waals surface area contributed by atoms with Crippen LogP contribution in [0.3, 0.4) is 0 Å². The van der Waals surface area contributed by atoms with Crippen LogP contribution in [0, 0.1) is 12.8 Å². The third kappa shape index (κ3) is 4.64. The van der Waals surface area contributed by atoms with E-state index in [1.807, 2.05) is 37.3 Å². The first kappa shape index (κ1) is 23.0. The van der Waals surface area contributed by atoms with Gasteiger partial charge in [0, 0.05) is 30.2 Å². The summed E-state index contributed by atoms with van der Waals surface area (Å²) >= 11 is 1.60. The summed E-state index contributed by atoms with van der Waals surface area (Å²) in [5.41, 5.74) is 2.05. The maximum absolute atomic E-state index is 13.0. The van der Waals surface area contributed by atoms with Crippen LogP contribution >= 0.6 is 11.3 Å². The van der Waals surface area contributed by atoms with Crippen molar-refractivity contribution in [1.82, 2.24) is 15.0 Å². The Bertz CT molecular complexity index is 1360. The summed E-state index contributed by atoms with van der Waals surface area (Å²) in [7, 11) is 3.26. The van der Waals surface area contributed by atoms with E-state index in [-0.39, 0.29) is 11.8 Å². The molecule has 1 aliphatic rings. The molecule has 35 heavy (non-hydrogen) atoms. The highest BCUT2D eigenvalue weighted by molar-refractivity contribution is 7.17. The van der Waals surface area contributed by atoms with Gasteiger partial charge in [-0.25, -0.2) is 15.0 Å². The fourth-order valence-electron chi connectivity index (χ4n) is 4.52. The number of ether oxygens (including phenoxy) is 2. The first-order valence-corrected chi connectivity index (χ1v) is 12.4. The van der Waals surface area contributed by atoms with Crippen molar-refractivity contribution in [3.63, 3.8) is 0 Å². The normalized spacial score (nSPS) is 15.7. The first-order valence-electron chi connectivity index (χ1n) is 11.5. The number of aryl methyl sites for hydroxylation is 1. The minimum Gasteiger partial charge on any atom is -0.493 e. The molecule has 4 aromatic rings. The van der Waals surface area contributed by atoms with Gasteiger partial charge in [-0.05, 0) is 49.6 Å². The summed E-state index contributed by atoms with van der Waals surface area (Å²) in [6, 6.07) is 11.4. The maximum Gasteiger partial charge on any atom is 0.230 e. The lowest BCUT2D eigenvalue weighted by Gasteiger charge is -2.33. The second kappa shape index (κ2) is 9.87. The number of hydrogen-bond donors (Lipinski definition) is 1. The van der Waals surface area contributed by atoms with Gasteiger partial charge < -0.3 is 19.7 Å². The molecule has 1 saturated heterocycles. The van der Waals surface area contributed by atoms with Gasteiger partial charge in [0.25, 0.3) is 0 Å². The number of rotatable bonds is 6. The van der Waals surface area contributed by atoms with Crippen molar-refractivity contribution in [3.05, 3.63) is 53.8 Å². The van der Waals surface area contributed by atoms with Crippen LogP contribution in [-0.2, 0) is 4.79 Å². The van der Waals surface area contributed by atoms with Gasteiger partial charge in [-0.15, -0.1) is 11.3 Å². The number of amides is 1. The van der Waals surface area contributed by atoms with Gasteiger partial charge in [-0.2, -0.15) is 0 Å². The summed E-state index contributed by atoms with van der Waals surface area (Å²) in [5, 5.41) is 6.06. The predicted molar refractivity (Wildman–Crippen MR) is 138 cm³/mol. The number of methoxy groups -OCH3 is 2. The molecule has 180 valence electrons. The van der Waals surface area contributed by atoms with Crippen LogP contribution in [0.5, 0.6) is 11.5 Å². The number of nitrogens with zero attached hydrogens (tertiary/aromatic N) is 4. The lowest BCUT2D eigenvalue weighted by atomic mass is 9.96. The van der Waals surface area contributed by atoms with E-state index < -0.39 is 0 Å². The van der Waals surface area contributed by atoms with Crippen LogP contribution in [0.2, 0.25) is 0 Å². The zero-order chi connectivity index (χ0) is 24.4. The fraction of sp³-hybridized carbons (Fsp3) is 0.308. The van der Waals surface area contributed by atoms with Crippen LogP contribution in [0.25, 0.3) is 21.3 Å². The minimum atomic E-state index is -0.153. The van der Waals surface area contributed by atoms with E-state index in [9.17, 15) is 4.79 Å². The number of piperidine rings is 1. The van der Waals surface area contributed by atoms with Gasteiger partial charge in [0.05, 0.1) is 25.5 Å². The molecule has 0 radical (unpaired) electrons. The van der Waals surface area contributed by atoms with Crippen molar-refractivity contribution in [2.75, 3.05) is 37.5 Å². The summed E-state index contributed by atoms with van der Waals surface area (Å²) in [6.45, 7) is 3.33. The number of thiophene rings is 1. The predicted octanol–water partition coefficient (Wildman–Crippen LogP) is 4.93. The van der Waals surface area contributed by atoms with Gasteiger partial charge in [-0.1, -0.05) is 12.1 Å². The molecule has 1 aliphatic heterocycles. The number of aromatic nitrogens is 3. The van der Waals surface area contributed by atoms with Crippen LogP contribution in [0.15, 0.2) is 48.0 Å². The lowest BCUT2D eigenvalue weighted by molar-refractivity contribution is -0.120. The Morgan fingerprint density at radius 1 is 1.14 bits per heavy atom. The van der Waals surface area contributed by atoms with E-state index in [1.54, 1.807) is 37.8 Å². The number of carbonyl (C=O) groups excluding carboxylic acids is 1. The van der Waals surface area contributed by atoms with Crippen molar-refractivity contribution in [2.45, 2.75) is 19.8 Å². The number of nitrogens with one attached hydrogen (secondary N) is 1. The highest BCUT2D eigenvalue weighted by atomic mass is 32.1. The minimum absolute atomic E-state index is 0.0131. The van der Waals surface area contributed by atoms with Crippen molar-refractivity contribution in [2.24, 2.45) is 5.92 Å². The molecule has 1 fully saturated rings. The fourth-order valence-corrected chi connectivity index (χ4v) is 5.51. The summed E-state index contributed by atoms with van der Waals surface area (Å²) < 4.78 is 10.9. The summed E-state index contributed by atoms with van der Waals surface area (Å²) in [6.07, 6.45) is 3.41. The Kier molecular flexibility index (Phi) is 6.50. The quantitative estimate of drug-likeness (QED) is 0.411. The van der Waals surface area contributed by atoms with Crippen LogP contribution in [0.4, 0.5) is 11.6 Å². The molecule has 1 aromatic carbocycles. The second-order valence-electron chi connectivity index (χ2n) is 8.48. The Morgan fingerprint density at radius 3 is 2.77 bits per heavy atom. The van der Waals surface area contributed by atoms with Gasteiger partial charge >= 0.3 is 0 Å². The molecule has 0 saturated carbocycles. The molecule has 3 aromatic heterocycles. The Labute approximate surface area is 208 Å². The maximum atomic E-state index is 13.0. The van der Waals surface area contributed by atoms with Crippen molar-refractivity contribution in [3.8, 4) is 22.6 Å². The largest absolute Gasteiger partial charge is 0.493 e. The molecule has 0 aliphatic carbocycles. The zero-order valence-corrected chi connectivity index (χ0v) is 20.8. The van der Waals surface area contributed by atoms with Gasteiger partial charge in [0.15, 0.2) is 11.5 Å². The van der Waals surface area contributed by atoms with E-state index in [1.165, 1.54) is 0 Å². The van der Waals surface area contributed by atoms with Crippen molar-refractivity contribution >= 4 is 39.1 Å². The molecule has 5 rings (SSSR count). The third-order valence-electron chi connectivity index (χ3n) is 6.23. The zero-order valence-electron chi connectivity index (χ0n) is 19.9. The van der Waals surface area contributed by atoms with Crippen molar-refractivity contribution in [1.29, 1.82) is 0 Å². The Balaban J connectivity index is 1.49. The molecule has 0 spiro atoms. The van der Waals surface area contributed by atoms with Gasteiger partial charge in [-0.3, -0.25) is 4.79 Å². The smallest absolute Gasteiger partial charge is 0.230 e. The van der Waals surface area contributed by atoms with Crippen molar-refractivity contribution < 1.29 is 14.3 Å². The average molecular weight is 490 g/mol. The monoisotopic (exact) mass is 489 g/mol. The number of benzene rings is 1. The summed E-state index contributed by atoms with van der Waals surface area (Å²) in [5.74, 6) is 3.34. The Hall–Kier alpha value is -3.72. The topological polar surface area (TPSA) is 89.5 Å². The number of anilines is 2. The summed E-state index contributed by atoms with van der Waals surface area (Å²) in [4.78, 5) is 29.9. The molecule has 0 bridgehead atoms.